The summed E-state index contributed by atoms with van der Waals surface area (Å²) in [4.78, 5) is 19.4. The SMILES string of the molecule is CCOc1ccc(CN2CCN(C(=O)c3cc(C)sc3C)CC2)cc1. The molecule has 134 valence electrons. The van der Waals surface area contributed by atoms with Gasteiger partial charge in [-0.1, -0.05) is 12.1 Å². The number of carbonyl (C=O) groups is 1. The van der Waals surface area contributed by atoms with E-state index in [0.29, 0.717) is 6.61 Å². The summed E-state index contributed by atoms with van der Waals surface area (Å²) in [5.74, 6) is 1.10. The second-order valence-corrected chi connectivity index (χ2v) is 7.93. The summed E-state index contributed by atoms with van der Waals surface area (Å²) < 4.78 is 5.49. The number of benzene rings is 1. The van der Waals surface area contributed by atoms with Gasteiger partial charge >= 0.3 is 0 Å². The number of aryl methyl sites for hydroxylation is 2. The number of nitrogens with zero attached hydrogens (tertiary/aromatic N) is 2. The number of hydrogen-bond donors (Lipinski definition) is 0. The number of amides is 1. The average Bonchev–Trinajstić information content (AvgIpc) is 2.95. The van der Waals surface area contributed by atoms with Crippen LogP contribution in [0.5, 0.6) is 5.75 Å². The van der Waals surface area contributed by atoms with Gasteiger partial charge < -0.3 is 9.64 Å². The molecular weight excluding hydrogens is 332 g/mol. The lowest BCUT2D eigenvalue weighted by atomic mass is 10.1. The maximum absolute atomic E-state index is 12.7. The molecule has 0 aliphatic carbocycles. The lowest BCUT2D eigenvalue weighted by Crippen LogP contribution is -2.48. The lowest BCUT2D eigenvalue weighted by Gasteiger charge is -2.34. The van der Waals surface area contributed by atoms with Crippen molar-refractivity contribution in [3.05, 3.63) is 51.2 Å². The lowest BCUT2D eigenvalue weighted by molar-refractivity contribution is 0.0628. The molecule has 0 unspecified atom stereocenters. The first kappa shape index (κ1) is 18.0. The van der Waals surface area contributed by atoms with Gasteiger partial charge in [-0.05, 0) is 44.5 Å². The Labute approximate surface area is 154 Å². The van der Waals surface area contributed by atoms with E-state index in [4.69, 9.17) is 4.74 Å². The van der Waals surface area contributed by atoms with Gasteiger partial charge in [-0.2, -0.15) is 0 Å². The van der Waals surface area contributed by atoms with E-state index in [1.165, 1.54) is 10.4 Å². The van der Waals surface area contributed by atoms with Crippen molar-refractivity contribution in [1.82, 2.24) is 9.80 Å². The van der Waals surface area contributed by atoms with Gasteiger partial charge in [-0.3, -0.25) is 9.69 Å². The van der Waals surface area contributed by atoms with E-state index >= 15 is 0 Å². The van der Waals surface area contributed by atoms with Crippen molar-refractivity contribution < 1.29 is 9.53 Å². The number of piperazine rings is 1. The van der Waals surface area contributed by atoms with Crippen LogP contribution in [0.3, 0.4) is 0 Å². The Morgan fingerprint density at radius 1 is 1.12 bits per heavy atom. The third kappa shape index (κ3) is 4.41. The molecule has 5 heteroatoms. The molecule has 4 nitrogen and oxygen atoms in total. The minimum atomic E-state index is 0.183. The molecule has 1 fully saturated rings. The zero-order chi connectivity index (χ0) is 17.8. The molecule has 0 N–H and O–H groups in total. The van der Waals surface area contributed by atoms with Crippen LogP contribution in [0.4, 0.5) is 0 Å². The van der Waals surface area contributed by atoms with E-state index in [2.05, 4.69) is 24.0 Å². The topological polar surface area (TPSA) is 32.8 Å². The maximum atomic E-state index is 12.7. The molecule has 1 aliphatic heterocycles. The Morgan fingerprint density at radius 2 is 1.80 bits per heavy atom. The number of rotatable bonds is 5. The van der Waals surface area contributed by atoms with Crippen LogP contribution in [-0.4, -0.2) is 48.5 Å². The highest BCUT2D eigenvalue weighted by Crippen LogP contribution is 2.23. The molecule has 1 aromatic carbocycles. The summed E-state index contributed by atoms with van der Waals surface area (Å²) in [5.41, 5.74) is 2.16. The summed E-state index contributed by atoms with van der Waals surface area (Å²) in [5, 5.41) is 0. The van der Waals surface area contributed by atoms with E-state index in [1.807, 2.05) is 36.9 Å². The fourth-order valence-electron chi connectivity index (χ4n) is 3.24. The quantitative estimate of drug-likeness (QED) is 0.817. The minimum absolute atomic E-state index is 0.183. The molecule has 0 atom stereocenters. The Morgan fingerprint density at radius 3 is 2.36 bits per heavy atom. The molecule has 0 radical (unpaired) electrons. The van der Waals surface area contributed by atoms with Crippen molar-refractivity contribution in [2.45, 2.75) is 27.3 Å². The van der Waals surface area contributed by atoms with Gasteiger partial charge in [0.25, 0.3) is 5.91 Å². The molecule has 0 bridgehead atoms. The van der Waals surface area contributed by atoms with Gasteiger partial charge in [0.15, 0.2) is 0 Å². The average molecular weight is 359 g/mol. The van der Waals surface area contributed by atoms with Gasteiger partial charge in [0, 0.05) is 42.5 Å². The first-order valence-electron chi connectivity index (χ1n) is 8.87. The second-order valence-electron chi connectivity index (χ2n) is 6.47. The predicted molar refractivity (Wildman–Crippen MR) is 103 cm³/mol. The summed E-state index contributed by atoms with van der Waals surface area (Å²) in [6.07, 6.45) is 0. The third-order valence-electron chi connectivity index (χ3n) is 4.57. The molecule has 0 spiro atoms. The highest BCUT2D eigenvalue weighted by molar-refractivity contribution is 7.12. The Bertz CT molecular complexity index is 716. The van der Waals surface area contributed by atoms with Crippen LogP contribution >= 0.6 is 11.3 Å². The predicted octanol–water partition coefficient (Wildman–Crippen LogP) is 3.72. The molecule has 1 saturated heterocycles. The zero-order valence-electron chi connectivity index (χ0n) is 15.2. The fraction of sp³-hybridized carbons (Fsp3) is 0.450. The van der Waals surface area contributed by atoms with Crippen molar-refractivity contribution in [2.24, 2.45) is 0 Å². The van der Waals surface area contributed by atoms with Crippen LogP contribution in [0.1, 0.15) is 32.6 Å². The van der Waals surface area contributed by atoms with Crippen molar-refractivity contribution >= 4 is 17.2 Å². The minimum Gasteiger partial charge on any atom is -0.494 e. The van der Waals surface area contributed by atoms with E-state index < -0.39 is 0 Å². The summed E-state index contributed by atoms with van der Waals surface area (Å²) in [6.45, 7) is 11.1. The molecule has 25 heavy (non-hydrogen) atoms. The van der Waals surface area contributed by atoms with Gasteiger partial charge in [0.1, 0.15) is 5.75 Å². The normalized spacial score (nSPS) is 15.4. The van der Waals surface area contributed by atoms with Crippen LogP contribution in [-0.2, 0) is 6.54 Å². The van der Waals surface area contributed by atoms with Gasteiger partial charge in [0.2, 0.25) is 0 Å². The van der Waals surface area contributed by atoms with Crippen LogP contribution in [0.25, 0.3) is 0 Å². The molecule has 2 aromatic rings. The first-order chi connectivity index (χ1) is 12.1. The Kier molecular flexibility index (Phi) is 5.76. The van der Waals surface area contributed by atoms with Gasteiger partial charge in [-0.15, -0.1) is 11.3 Å². The highest BCUT2D eigenvalue weighted by Gasteiger charge is 2.24. The fourth-order valence-corrected chi connectivity index (χ4v) is 4.15. The standard InChI is InChI=1S/C20H26N2O2S/c1-4-24-18-7-5-17(6-8-18)14-21-9-11-22(12-10-21)20(23)19-13-15(2)25-16(19)3/h5-8,13H,4,9-12,14H2,1-3H3. The van der Waals surface area contributed by atoms with Crippen LogP contribution in [0.2, 0.25) is 0 Å². The van der Waals surface area contributed by atoms with Crippen molar-refractivity contribution in [2.75, 3.05) is 32.8 Å². The largest absolute Gasteiger partial charge is 0.494 e. The molecule has 1 aliphatic rings. The van der Waals surface area contributed by atoms with E-state index in [-0.39, 0.29) is 5.91 Å². The number of carbonyl (C=O) groups excluding carboxylic acids is 1. The zero-order valence-corrected chi connectivity index (χ0v) is 16.1. The third-order valence-corrected chi connectivity index (χ3v) is 5.54. The summed E-state index contributed by atoms with van der Waals surface area (Å²) >= 11 is 1.70. The molecular formula is C20H26N2O2S. The molecule has 1 aromatic heterocycles. The first-order valence-corrected chi connectivity index (χ1v) is 9.69. The summed E-state index contributed by atoms with van der Waals surface area (Å²) in [7, 11) is 0. The molecule has 0 saturated carbocycles. The molecule has 3 rings (SSSR count). The monoisotopic (exact) mass is 358 g/mol. The molecule has 1 amide bonds. The maximum Gasteiger partial charge on any atom is 0.255 e. The smallest absolute Gasteiger partial charge is 0.255 e. The van der Waals surface area contributed by atoms with E-state index in [9.17, 15) is 4.79 Å². The van der Waals surface area contributed by atoms with Crippen molar-refractivity contribution in [3.63, 3.8) is 0 Å². The van der Waals surface area contributed by atoms with Crippen molar-refractivity contribution in [1.29, 1.82) is 0 Å². The van der Waals surface area contributed by atoms with Gasteiger partial charge in [0.05, 0.1) is 12.2 Å². The Hall–Kier alpha value is -1.85. The number of thiophene rings is 1. The summed E-state index contributed by atoms with van der Waals surface area (Å²) in [6, 6.07) is 10.3. The van der Waals surface area contributed by atoms with Crippen LogP contribution < -0.4 is 4.74 Å². The Balaban J connectivity index is 1.53. The van der Waals surface area contributed by atoms with Crippen LogP contribution in [0.15, 0.2) is 30.3 Å². The van der Waals surface area contributed by atoms with Crippen molar-refractivity contribution in [3.8, 4) is 5.75 Å². The number of hydrogen-bond acceptors (Lipinski definition) is 4. The highest BCUT2D eigenvalue weighted by atomic mass is 32.1. The van der Waals surface area contributed by atoms with Crippen LogP contribution in [0, 0.1) is 13.8 Å². The van der Waals surface area contributed by atoms with Gasteiger partial charge in [-0.25, -0.2) is 0 Å². The van der Waals surface area contributed by atoms with E-state index in [1.54, 1.807) is 11.3 Å². The second kappa shape index (κ2) is 8.02. The number of ether oxygens (including phenoxy) is 1. The van der Waals surface area contributed by atoms with E-state index in [0.717, 1.165) is 48.9 Å². The molecule has 2 heterocycles.